The molecule has 1 N–H and O–H groups in total. The molecule has 36 heavy (non-hydrogen) atoms. The number of carbonyl (C=O) groups is 2. The van der Waals surface area contributed by atoms with Crippen LogP contribution in [-0.4, -0.2) is 40.1 Å². The highest BCUT2D eigenvalue weighted by Crippen LogP contribution is 2.28. The number of nitrogens with one attached hydrogen (secondary N) is 1. The van der Waals surface area contributed by atoms with E-state index in [4.69, 9.17) is 9.15 Å². The second kappa shape index (κ2) is 9.60. The Kier molecular flexibility index (Phi) is 6.35. The Morgan fingerprint density at radius 2 is 2.06 bits per heavy atom. The van der Waals surface area contributed by atoms with E-state index in [-0.39, 0.29) is 18.5 Å². The van der Waals surface area contributed by atoms with Gasteiger partial charge >= 0.3 is 11.6 Å². The SMILES string of the molecule is Cc1cc2oc(=O)cc(COC(=O)C3CCCN(C(=O)c4ccc5[nH]ncc5c4)C3)c2cc1C(C)C. The molecule has 3 heterocycles. The van der Waals surface area contributed by atoms with Crippen LogP contribution in [0.15, 0.2) is 51.8 Å². The van der Waals surface area contributed by atoms with Crippen LogP contribution in [-0.2, 0) is 16.1 Å². The summed E-state index contributed by atoms with van der Waals surface area (Å²) in [5, 5.41) is 8.51. The number of hydrogen-bond acceptors (Lipinski definition) is 6. The Labute approximate surface area is 208 Å². The van der Waals surface area contributed by atoms with Gasteiger partial charge in [-0.15, -0.1) is 0 Å². The smallest absolute Gasteiger partial charge is 0.336 e. The lowest BCUT2D eigenvalue weighted by atomic mass is 9.95. The van der Waals surface area contributed by atoms with Crippen molar-refractivity contribution in [3.8, 4) is 0 Å². The molecule has 186 valence electrons. The Morgan fingerprint density at radius 3 is 2.86 bits per heavy atom. The lowest BCUT2D eigenvalue weighted by molar-refractivity contribution is -0.151. The predicted octanol–water partition coefficient (Wildman–Crippen LogP) is 4.70. The molecule has 0 spiro atoms. The Balaban J connectivity index is 1.30. The number of benzene rings is 2. The molecule has 1 unspecified atom stereocenters. The molecule has 5 rings (SSSR count). The van der Waals surface area contributed by atoms with E-state index in [1.54, 1.807) is 17.2 Å². The summed E-state index contributed by atoms with van der Waals surface area (Å²) in [6.07, 6.45) is 3.05. The fraction of sp³-hybridized carbons (Fsp3) is 0.357. The van der Waals surface area contributed by atoms with E-state index in [0.717, 1.165) is 27.4 Å². The number of carbonyl (C=O) groups excluding carboxylic acids is 2. The summed E-state index contributed by atoms with van der Waals surface area (Å²) in [7, 11) is 0. The number of aromatic nitrogens is 2. The monoisotopic (exact) mass is 487 g/mol. The second-order valence-electron chi connectivity index (χ2n) is 9.82. The van der Waals surface area contributed by atoms with E-state index in [1.165, 1.54) is 6.07 Å². The molecule has 1 saturated heterocycles. The zero-order chi connectivity index (χ0) is 25.4. The molecule has 0 aliphatic carbocycles. The third-order valence-corrected chi connectivity index (χ3v) is 6.94. The van der Waals surface area contributed by atoms with Crippen molar-refractivity contribution in [3.63, 3.8) is 0 Å². The minimum Gasteiger partial charge on any atom is -0.461 e. The number of amides is 1. The highest BCUT2D eigenvalue weighted by molar-refractivity contribution is 5.98. The molecule has 2 aromatic heterocycles. The van der Waals surface area contributed by atoms with E-state index >= 15 is 0 Å². The number of ether oxygens (including phenoxy) is 1. The van der Waals surface area contributed by atoms with Gasteiger partial charge in [-0.1, -0.05) is 13.8 Å². The van der Waals surface area contributed by atoms with Gasteiger partial charge in [-0.3, -0.25) is 14.7 Å². The predicted molar refractivity (Wildman–Crippen MR) is 136 cm³/mol. The fourth-order valence-electron chi connectivity index (χ4n) is 5.01. The number of likely N-dealkylation sites (tertiary alicyclic amines) is 1. The number of piperidine rings is 1. The van der Waals surface area contributed by atoms with Gasteiger partial charge in [0.2, 0.25) is 0 Å². The molecule has 2 aromatic carbocycles. The maximum atomic E-state index is 13.1. The average molecular weight is 488 g/mol. The van der Waals surface area contributed by atoms with Crippen molar-refractivity contribution in [1.82, 2.24) is 15.1 Å². The van der Waals surface area contributed by atoms with Crippen LogP contribution < -0.4 is 5.63 Å². The van der Waals surface area contributed by atoms with Crippen LogP contribution in [0.1, 0.15) is 59.7 Å². The highest BCUT2D eigenvalue weighted by atomic mass is 16.5. The summed E-state index contributed by atoms with van der Waals surface area (Å²) in [5.41, 5.74) is 4.26. The average Bonchev–Trinajstić information content (AvgIpc) is 3.34. The maximum absolute atomic E-state index is 13.1. The van der Waals surface area contributed by atoms with Gasteiger partial charge in [0.15, 0.2) is 0 Å². The van der Waals surface area contributed by atoms with Crippen LogP contribution in [0, 0.1) is 12.8 Å². The Morgan fingerprint density at radius 1 is 1.22 bits per heavy atom. The molecule has 1 amide bonds. The molecule has 8 heteroatoms. The normalized spacial score (nSPS) is 16.1. The lowest BCUT2D eigenvalue weighted by Gasteiger charge is -2.31. The van der Waals surface area contributed by atoms with E-state index in [1.807, 2.05) is 31.2 Å². The van der Waals surface area contributed by atoms with Crippen LogP contribution in [0.2, 0.25) is 0 Å². The van der Waals surface area contributed by atoms with Gasteiger partial charge in [0.1, 0.15) is 12.2 Å². The van der Waals surface area contributed by atoms with Gasteiger partial charge in [0.25, 0.3) is 5.91 Å². The van der Waals surface area contributed by atoms with Crippen molar-refractivity contribution >= 4 is 33.7 Å². The van der Waals surface area contributed by atoms with Gasteiger partial charge in [-0.2, -0.15) is 5.10 Å². The van der Waals surface area contributed by atoms with Gasteiger partial charge in [0, 0.05) is 41.1 Å². The fourth-order valence-corrected chi connectivity index (χ4v) is 5.01. The summed E-state index contributed by atoms with van der Waals surface area (Å²) < 4.78 is 11.1. The van der Waals surface area contributed by atoms with Crippen molar-refractivity contribution in [2.45, 2.75) is 46.1 Å². The molecule has 4 aromatic rings. The maximum Gasteiger partial charge on any atom is 0.336 e. The molecule has 1 aliphatic heterocycles. The molecule has 8 nitrogen and oxygen atoms in total. The number of aromatic amines is 1. The van der Waals surface area contributed by atoms with Crippen molar-refractivity contribution in [3.05, 3.63) is 75.3 Å². The standard InChI is InChI=1S/C28H29N3O5/c1-16(2)22-12-23-21(11-26(32)36-25(23)9-17(22)3)15-35-28(34)19-5-4-8-31(14-19)27(33)18-6-7-24-20(10-18)13-29-30-24/h6-7,9-13,16,19H,4-5,8,14-15H2,1-3H3,(H,29,30). The number of rotatable bonds is 5. The van der Waals surface area contributed by atoms with Crippen molar-refractivity contribution in [1.29, 1.82) is 0 Å². The molecular weight excluding hydrogens is 458 g/mol. The van der Waals surface area contributed by atoms with Crippen LogP contribution in [0.4, 0.5) is 0 Å². The molecule has 0 saturated carbocycles. The van der Waals surface area contributed by atoms with Crippen LogP contribution in [0.3, 0.4) is 0 Å². The van der Waals surface area contributed by atoms with Gasteiger partial charge in [-0.25, -0.2) is 4.79 Å². The van der Waals surface area contributed by atoms with Crippen LogP contribution in [0.5, 0.6) is 0 Å². The van der Waals surface area contributed by atoms with Gasteiger partial charge in [-0.05, 0) is 67.1 Å². The zero-order valence-electron chi connectivity index (χ0n) is 20.7. The number of aryl methyl sites for hydroxylation is 1. The van der Waals surface area contributed by atoms with Gasteiger partial charge in [0.05, 0.1) is 17.6 Å². The summed E-state index contributed by atoms with van der Waals surface area (Å²) in [4.78, 5) is 40.0. The molecular formula is C28H29N3O5. The first kappa shape index (κ1) is 23.8. The van der Waals surface area contributed by atoms with Crippen LogP contribution >= 0.6 is 0 Å². The van der Waals surface area contributed by atoms with Crippen molar-refractivity contribution < 1.29 is 18.7 Å². The summed E-state index contributed by atoms with van der Waals surface area (Å²) >= 11 is 0. The highest BCUT2D eigenvalue weighted by Gasteiger charge is 2.30. The summed E-state index contributed by atoms with van der Waals surface area (Å²) in [5.74, 6) is -0.592. The van der Waals surface area contributed by atoms with E-state index in [9.17, 15) is 14.4 Å². The van der Waals surface area contributed by atoms with E-state index in [0.29, 0.717) is 48.6 Å². The number of nitrogens with zero attached hydrogens (tertiary/aromatic N) is 2. The molecule has 1 aliphatic rings. The Hall–Kier alpha value is -3.94. The van der Waals surface area contributed by atoms with Crippen LogP contribution in [0.25, 0.3) is 21.9 Å². The first-order valence-electron chi connectivity index (χ1n) is 12.3. The second-order valence-corrected chi connectivity index (χ2v) is 9.82. The third kappa shape index (κ3) is 4.63. The summed E-state index contributed by atoms with van der Waals surface area (Å²) in [6, 6.07) is 10.7. The largest absolute Gasteiger partial charge is 0.461 e. The first-order valence-corrected chi connectivity index (χ1v) is 12.3. The van der Waals surface area contributed by atoms with Crippen molar-refractivity contribution in [2.24, 2.45) is 5.92 Å². The molecule has 1 atom stereocenters. The minimum atomic E-state index is -0.478. The van der Waals surface area contributed by atoms with Crippen molar-refractivity contribution in [2.75, 3.05) is 13.1 Å². The lowest BCUT2D eigenvalue weighted by Crippen LogP contribution is -2.42. The topological polar surface area (TPSA) is 105 Å². The third-order valence-electron chi connectivity index (χ3n) is 6.94. The van der Waals surface area contributed by atoms with E-state index < -0.39 is 11.5 Å². The quantitative estimate of drug-likeness (QED) is 0.323. The number of fused-ring (bicyclic) bond motifs is 2. The molecule has 0 bridgehead atoms. The first-order chi connectivity index (χ1) is 17.3. The molecule has 0 radical (unpaired) electrons. The zero-order valence-corrected chi connectivity index (χ0v) is 20.7. The Bertz CT molecular complexity index is 1520. The number of hydrogen-bond donors (Lipinski definition) is 1. The van der Waals surface area contributed by atoms with E-state index in [2.05, 4.69) is 24.0 Å². The summed E-state index contributed by atoms with van der Waals surface area (Å²) in [6.45, 7) is 7.07. The minimum absolute atomic E-state index is 0.0247. The molecule has 1 fully saturated rings. The number of esters is 1. The van der Waals surface area contributed by atoms with Gasteiger partial charge < -0.3 is 14.1 Å². The number of H-pyrrole nitrogens is 1.